The molecule has 1 aromatic rings. The van der Waals surface area contributed by atoms with Crippen LogP contribution in [0.25, 0.3) is 0 Å². The molecule has 2 rings (SSSR count). The lowest BCUT2D eigenvalue weighted by atomic mass is 10.1. The summed E-state index contributed by atoms with van der Waals surface area (Å²) in [6.07, 6.45) is -0.139. The summed E-state index contributed by atoms with van der Waals surface area (Å²) in [5.74, 6) is -0.786. The highest BCUT2D eigenvalue weighted by Crippen LogP contribution is 2.17. The van der Waals surface area contributed by atoms with Crippen molar-refractivity contribution in [1.29, 1.82) is 0 Å². The number of fused-ring (bicyclic) bond motifs is 1. The third-order valence-electron chi connectivity index (χ3n) is 3.20. The maximum atomic E-state index is 11.7. The van der Waals surface area contributed by atoms with E-state index in [1.165, 1.54) is 18.2 Å². The van der Waals surface area contributed by atoms with Crippen molar-refractivity contribution in [2.24, 2.45) is 0 Å². The summed E-state index contributed by atoms with van der Waals surface area (Å²) < 4.78 is 30.4. The molecule has 0 amide bonds. The van der Waals surface area contributed by atoms with Gasteiger partial charge >= 0.3 is 5.97 Å². The van der Waals surface area contributed by atoms with Gasteiger partial charge in [-0.05, 0) is 16.7 Å². The average molecular weight is 298 g/mol. The van der Waals surface area contributed by atoms with Crippen LogP contribution in [0.2, 0.25) is 0 Å². The Hall–Kier alpha value is -1.44. The molecule has 0 atom stereocenters. The third kappa shape index (κ3) is 4.03. The van der Waals surface area contributed by atoms with Gasteiger partial charge in [0.15, 0.2) is 0 Å². The lowest BCUT2D eigenvalue weighted by molar-refractivity contribution is -0.140. The number of benzene rings is 1. The van der Waals surface area contributed by atoms with E-state index in [1.54, 1.807) is 0 Å². The predicted octanol–water partition coefficient (Wildman–Crippen LogP) is 0.272. The van der Waals surface area contributed by atoms with E-state index in [9.17, 15) is 13.2 Å². The summed E-state index contributed by atoms with van der Waals surface area (Å²) in [5.41, 5.74) is 3.37. The van der Waals surface area contributed by atoms with Crippen molar-refractivity contribution in [3.8, 4) is 0 Å². The molecule has 1 heterocycles. The minimum absolute atomic E-state index is 0.139. The van der Waals surface area contributed by atoms with Crippen molar-refractivity contribution < 1.29 is 17.9 Å². The zero-order valence-corrected chi connectivity index (χ0v) is 12.1. The summed E-state index contributed by atoms with van der Waals surface area (Å²) in [7, 11) is -2.23. The second-order valence-corrected chi connectivity index (χ2v) is 6.60. The van der Waals surface area contributed by atoms with Gasteiger partial charge in [-0.15, -0.1) is 0 Å². The van der Waals surface area contributed by atoms with E-state index in [2.05, 4.69) is 14.8 Å². The van der Waals surface area contributed by atoms with Gasteiger partial charge in [0, 0.05) is 19.6 Å². The Morgan fingerprint density at radius 2 is 2.10 bits per heavy atom. The Morgan fingerprint density at radius 1 is 1.35 bits per heavy atom. The van der Waals surface area contributed by atoms with Gasteiger partial charge in [0.25, 0.3) is 0 Å². The van der Waals surface area contributed by atoms with E-state index in [1.807, 2.05) is 18.2 Å². The van der Waals surface area contributed by atoms with Gasteiger partial charge in [-0.1, -0.05) is 18.2 Å². The Kier molecular flexibility index (Phi) is 4.74. The molecule has 110 valence electrons. The molecule has 2 N–H and O–H groups in total. The largest absolute Gasteiger partial charge is 0.469 e. The number of hydrogen-bond acceptors (Lipinski definition) is 5. The first-order valence-electron chi connectivity index (χ1n) is 6.36. The Labute approximate surface area is 118 Å². The van der Waals surface area contributed by atoms with Gasteiger partial charge in [0.2, 0.25) is 10.0 Å². The van der Waals surface area contributed by atoms with Crippen LogP contribution in [-0.4, -0.2) is 27.2 Å². The summed E-state index contributed by atoms with van der Waals surface area (Å²) >= 11 is 0. The van der Waals surface area contributed by atoms with Crippen molar-refractivity contribution in [3.63, 3.8) is 0 Å². The second kappa shape index (κ2) is 6.34. The molecular formula is C13H18N2O4S. The molecule has 1 aliphatic rings. The summed E-state index contributed by atoms with van der Waals surface area (Å²) in [5, 5.41) is 3.24. The zero-order valence-electron chi connectivity index (χ0n) is 11.3. The molecule has 0 radical (unpaired) electrons. The molecule has 6 nitrogen and oxygen atoms in total. The standard InChI is InChI=1S/C13H18N2O4S/c1-19-13(16)4-5-20(17,18)15-7-10-2-3-11-8-14-9-12(11)6-10/h2-3,6,14-15H,4-5,7-9H2,1H3. The summed E-state index contributed by atoms with van der Waals surface area (Å²) in [6, 6.07) is 5.92. The Balaban J connectivity index is 1.89. The van der Waals surface area contributed by atoms with Crippen molar-refractivity contribution >= 4 is 16.0 Å². The summed E-state index contributed by atoms with van der Waals surface area (Å²) in [6.45, 7) is 1.91. The topological polar surface area (TPSA) is 84.5 Å². The number of esters is 1. The summed E-state index contributed by atoms with van der Waals surface area (Å²) in [4.78, 5) is 10.9. The van der Waals surface area contributed by atoms with E-state index in [0.717, 1.165) is 18.7 Å². The fourth-order valence-electron chi connectivity index (χ4n) is 2.04. The molecule has 20 heavy (non-hydrogen) atoms. The number of ether oxygens (including phenoxy) is 1. The van der Waals surface area contributed by atoms with Crippen LogP contribution < -0.4 is 10.0 Å². The van der Waals surface area contributed by atoms with Crippen LogP contribution in [0.3, 0.4) is 0 Å². The van der Waals surface area contributed by atoms with E-state index in [0.29, 0.717) is 0 Å². The number of rotatable bonds is 6. The van der Waals surface area contributed by atoms with Crippen LogP contribution in [0, 0.1) is 0 Å². The molecule has 7 heteroatoms. The van der Waals surface area contributed by atoms with Gasteiger partial charge in [0.1, 0.15) is 0 Å². The molecule has 0 bridgehead atoms. The lowest BCUT2D eigenvalue weighted by Crippen LogP contribution is -2.27. The normalized spacial score (nSPS) is 14.1. The van der Waals surface area contributed by atoms with Crippen molar-refractivity contribution in [3.05, 3.63) is 34.9 Å². The highest BCUT2D eigenvalue weighted by atomic mass is 32.2. The smallest absolute Gasteiger partial charge is 0.306 e. The molecule has 0 aromatic heterocycles. The Morgan fingerprint density at radius 3 is 2.85 bits per heavy atom. The molecule has 0 spiro atoms. The first-order chi connectivity index (χ1) is 9.50. The minimum Gasteiger partial charge on any atom is -0.469 e. The first kappa shape index (κ1) is 15.0. The van der Waals surface area contributed by atoms with Crippen LogP contribution in [-0.2, 0) is 39.2 Å². The van der Waals surface area contributed by atoms with E-state index < -0.39 is 16.0 Å². The fourth-order valence-corrected chi connectivity index (χ4v) is 3.01. The van der Waals surface area contributed by atoms with Crippen molar-refractivity contribution in [2.75, 3.05) is 12.9 Å². The molecule has 0 unspecified atom stereocenters. The molecule has 0 fully saturated rings. The number of hydrogen-bond donors (Lipinski definition) is 2. The van der Waals surface area contributed by atoms with Crippen LogP contribution in [0.1, 0.15) is 23.1 Å². The number of nitrogens with one attached hydrogen (secondary N) is 2. The number of carbonyl (C=O) groups is 1. The highest BCUT2D eigenvalue weighted by molar-refractivity contribution is 7.89. The number of carbonyl (C=O) groups excluding carboxylic acids is 1. The quantitative estimate of drug-likeness (QED) is 0.737. The van der Waals surface area contributed by atoms with Gasteiger partial charge in [-0.2, -0.15) is 0 Å². The van der Waals surface area contributed by atoms with Crippen LogP contribution >= 0.6 is 0 Å². The van der Waals surface area contributed by atoms with Gasteiger partial charge in [0.05, 0.1) is 19.3 Å². The van der Waals surface area contributed by atoms with E-state index in [-0.39, 0.29) is 18.7 Å². The Bertz CT molecular complexity index is 598. The van der Waals surface area contributed by atoms with Crippen LogP contribution in [0.5, 0.6) is 0 Å². The predicted molar refractivity (Wildman–Crippen MR) is 74.2 cm³/mol. The third-order valence-corrected chi connectivity index (χ3v) is 4.53. The van der Waals surface area contributed by atoms with Gasteiger partial charge in [-0.3, -0.25) is 4.79 Å². The number of methoxy groups -OCH3 is 1. The monoisotopic (exact) mass is 298 g/mol. The van der Waals surface area contributed by atoms with E-state index in [4.69, 9.17) is 0 Å². The molecule has 1 aliphatic heterocycles. The molecule has 0 aliphatic carbocycles. The van der Waals surface area contributed by atoms with E-state index >= 15 is 0 Å². The molecule has 0 saturated carbocycles. The van der Waals surface area contributed by atoms with Crippen molar-refractivity contribution in [2.45, 2.75) is 26.1 Å². The zero-order chi connectivity index (χ0) is 14.6. The fraction of sp³-hybridized carbons (Fsp3) is 0.462. The SMILES string of the molecule is COC(=O)CCS(=O)(=O)NCc1ccc2c(c1)CNC2. The van der Waals surface area contributed by atoms with Crippen LogP contribution in [0.15, 0.2) is 18.2 Å². The van der Waals surface area contributed by atoms with Gasteiger partial charge in [-0.25, -0.2) is 13.1 Å². The van der Waals surface area contributed by atoms with Crippen molar-refractivity contribution in [1.82, 2.24) is 10.0 Å². The van der Waals surface area contributed by atoms with Crippen LogP contribution in [0.4, 0.5) is 0 Å². The molecule has 0 saturated heterocycles. The molecule has 1 aromatic carbocycles. The maximum Gasteiger partial charge on any atom is 0.306 e. The minimum atomic E-state index is -3.47. The molecular weight excluding hydrogens is 280 g/mol. The maximum absolute atomic E-state index is 11.7. The highest BCUT2D eigenvalue weighted by Gasteiger charge is 2.14. The van der Waals surface area contributed by atoms with Gasteiger partial charge < -0.3 is 10.1 Å². The number of sulfonamides is 1. The lowest BCUT2D eigenvalue weighted by Gasteiger charge is -2.07. The average Bonchev–Trinajstić information content (AvgIpc) is 2.90. The second-order valence-electron chi connectivity index (χ2n) is 4.67. The first-order valence-corrected chi connectivity index (χ1v) is 8.01.